The number of carbonyl (C=O) groups is 1. The molecular formula is C9H13N5O. The summed E-state index contributed by atoms with van der Waals surface area (Å²) in [6, 6.07) is 7.42. The van der Waals surface area contributed by atoms with Crippen LogP contribution in [0.4, 0.5) is 11.4 Å². The molecule has 1 aromatic rings. The van der Waals surface area contributed by atoms with Crippen molar-refractivity contribution >= 4 is 17.7 Å². The summed E-state index contributed by atoms with van der Waals surface area (Å²) in [5.41, 5.74) is 1.68. The molecule has 0 saturated heterocycles. The second kappa shape index (κ2) is 5.58. The minimum Gasteiger partial charge on any atom is -0.378 e. The number of hydrogen-bond donors (Lipinski definition) is 2. The molecule has 0 aliphatic rings. The Labute approximate surface area is 87.7 Å². The summed E-state index contributed by atoms with van der Waals surface area (Å²) in [7, 11) is 1.73. The number of hydrogen-bond acceptors (Lipinski definition) is 4. The molecule has 0 aromatic heterocycles. The van der Waals surface area contributed by atoms with Crippen LogP contribution >= 0.6 is 0 Å². The molecule has 1 rings (SSSR count). The van der Waals surface area contributed by atoms with E-state index < -0.39 is 0 Å². The Morgan fingerprint density at radius 1 is 1.60 bits per heavy atom. The topological polar surface area (TPSA) is 83.1 Å². The van der Waals surface area contributed by atoms with Crippen molar-refractivity contribution in [3.8, 4) is 0 Å². The summed E-state index contributed by atoms with van der Waals surface area (Å²) in [5.74, 6) is 4.94. The van der Waals surface area contributed by atoms with Gasteiger partial charge in [0.05, 0.1) is 12.2 Å². The summed E-state index contributed by atoms with van der Waals surface area (Å²) in [6.45, 7) is 0.283. The third-order valence-electron chi connectivity index (χ3n) is 1.80. The largest absolute Gasteiger partial charge is 0.378 e. The van der Waals surface area contributed by atoms with Crippen LogP contribution in [0.25, 0.3) is 0 Å². The molecule has 6 nitrogen and oxygen atoms in total. The van der Waals surface area contributed by atoms with Crippen molar-refractivity contribution in [1.29, 1.82) is 0 Å². The predicted octanol–water partition coefficient (Wildman–Crippen LogP) is 0.974. The van der Waals surface area contributed by atoms with Crippen LogP contribution in [0.15, 0.2) is 34.7 Å². The Hall–Kier alpha value is -2.11. The van der Waals surface area contributed by atoms with Crippen molar-refractivity contribution in [3.63, 3.8) is 0 Å². The van der Waals surface area contributed by atoms with Crippen LogP contribution in [0, 0.1) is 0 Å². The fourth-order valence-corrected chi connectivity index (χ4v) is 1.11. The fourth-order valence-electron chi connectivity index (χ4n) is 1.11. The highest BCUT2D eigenvalue weighted by Gasteiger charge is 1.99. The van der Waals surface area contributed by atoms with E-state index in [1.165, 1.54) is 5.01 Å². The molecule has 0 amide bonds. The second-order valence-electron chi connectivity index (χ2n) is 2.83. The average molecular weight is 207 g/mol. The van der Waals surface area contributed by atoms with Gasteiger partial charge in [-0.3, -0.25) is 0 Å². The van der Waals surface area contributed by atoms with Gasteiger partial charge < -0.3 is 16.0 Å². The van der Waals surface area contributed by atoms with E-state index in [1.807, 2.05) is 24.3 Å². The number of nitrogens with zero attached hydrogens (tertiary/aromatic N) is 3. The number of rotatable bonds is 5. The number of nitrogens with two attached hydrogens (primary N) is 1. The Bertz CT molecular complexity index is 352. The summed E-state index contributed by atoms with van der Waals surface area (Å²) in [6.07, 6.45) is 0.802. The van der Waals surface area contributed by atoms with Gasteiger partial charge in [0.2, 0.25) is 0 Å². The Balaban J connectivity index is 2.77. The molecule has 15 heavy (non-hydrogen) atoms. The van der Waals surface area contributed by atoms with Crippen molar-refractivity contribution in [2.75, 3.05) is 23.9 Å². The Kier molecular flexibility index (Phi) is 4.08. The molecule has 1 aromatic carbocycles. The highest BCUT2D eigenvalue weighted by atomic mass is 16.1. The molecule has 0 saturated carbocycles. The number of benzene rings is 1. The highest BCUT2D eigenvalue weighted by Crippen LogP contribution is 2.18. The van der Waals surface area contributed by atoms with E-state index in [1.54, 1.807) is 7.05 Å². The van der Waals surface area contributed by atoms with Crippen LogP contribution < -0.4 is 16.2 Å². The summed E-state index contributed by atoms with van der Waals surface area (Å²) in [5, 5.41) is 11.3. The molecule has 6 heteroatoms. The van der Waals surface area contributed by atoms with Gasteiger partial charge in [0.25, 0.3) is 0 Å². The van der Waals surface area contributed by atoms with Gasteiger partial charge in [-0.15, -0.1) is 0 Å². The van der Waals surface area contributed by atoms with Gasteiger partial charge in [0.1, 0.15) is 6.29 Å². The maximum Gasteiger partial charge on any atom is 0.139 e. The normalized spacial score (nSPS) is 10.2. The zero-order valence-corrected chi connectivity index (χ0v) is 8.42. The first-order chi connectivity index (χ1) is 7.27. The van der Waals surface area contributed by atoms with Gasteiger partial charge in [0, 0.05) is 12.7 Å². The third kappa shape index (κ3) is 3.26. The van der Waals surface area contributed by atoms with E-state index in [2.05, 4.69) is 15.8 Å². The first-order valence-corrected chi connectivity index (χ1v) is 4.40. The van der Waals surface area contributed by atoms with Crippen molar-refractivity contribution in [1.82, 2.24) is 0 Å². The monoisotopic (exact) mass is 207 g/mol. The number of anilines is 2. The van der Waals surface area contributed by atoms with Crippen molar-refractivity contribution in [2.45, 2.75) is 0 Å². The van der Waals surface area contributed by atoms with Gasteiger partial charge in [-0.25, -0.2) is 5.01 Å². The predicted molar refractivity (Wildman–Crippen MR) is 58.4 cm³/mol. The van der Waals surface area contributed by atoms with Crippen molar-refractivity contribution in [3.05, 3.63) is 24.3 Å². The number of nitrogens with one attached hydrogen (secondary N) is 1. The number of carbonyl (C=O) groups excluding carboxylic acids is 1. The van der Waals surface area contributed by atoms with Gasteiger partial charge >= 0.3 is 0 Å². The maximum atomic E-state index is 10.2. The Morgan fingerprint density at radius 2 is 2.40 bits per heavy atom. The fraction of sp³-hybridized carbons (Fsp3) is 0.222. The third-order valence-corrected chi connectivity index (χ3v) is 1.80. The van der Waals surface area contributed by atoms with Crippen molar-refractivity contribution in [2.24, 2.45) is 16.3 Å². The molecule has 0 aliphatic carbocycles. The quantitative estimate of drug-likeness (QED) is 0.326. The zero-order valence-electron chi connectivity index (χ0n) is 8.42. The van der Waals surface area contributed by atoms with Crippen LogP contribution in [-0.2, 0) is 4.79 Å². The molecule has 80 valence electrons. The van der Waals surface area contributed by atoms with Gasteiger partial charge in [-0.05, 0) is 23.4 Å². The molecular weight excluding hydrogens is 194 g/mol. The molecule has 0 unspecified atom stereocenters. The van der Waals surface area contributed by atoms with E-state index in [-0.39, 0.29) is 6.54 Å². The zero-order chi connectivity index (χ0) is 11.1. The average Bonchev–Trinajstić information content (AvgIpc) is 2.27. The molecule has 0 radical (unpaired) electrons. The van der Waals surface area contributed by atoms with E-state index in [4.69, 9.17) is 5.84 Å². The summed E-state index contributed by atoms with van der Waals surface area (Å²) >= 11 is 0. The first-order valence-electron chi connectivity index (χ1n) is 4.40. The molecule has 3 N–H and O–H groups in total. The second-order valence-corrected chi connectivity index (χ2v) is 2.83. The molecule has 0 atom stereocenters. The summed E-state index contributed by atoms with van der Waals surface area (Å²) in [4.78, 5) is 10.2. The van der Waals surface area contributed by atoms with Crippen LogP contribution in [0.5, 0.6) is 0 Å². The molecule has 0 heterocycles. The highest BCUT2D eigenvalue weighted by molar-refractivity contribution is 5.62. The molecule has 0 fully saturated rings. The van der Waals surface area contributed by atoms with Gasteiger partial charge in [-0.1, -0.05) is 11.3 Å². The lowest BCUT2D eigenvalue weighted by molar-refractivity contribution is -0.106. The molecule has 0 spiro atoms. The Morgan fingerprint density at radius 3 is 3.07 bits per heavy atom. The van der Waals surface area contributed by atoms with E-state index in [0.717, 1.165) is 17.7 Å². The number of aldehydes is 1. The van der Waals surface area contributed by atoms with E-state index in [9.17, 15) is 4.79 Å². The SMILES string of the molecule is CN(/N=N\N)c1cccc(NCC=O)c1. The van der Waals surface area contributed by atoms with E-state index >= 15 is 0 Å². The smallest absolute Gasteiger partial charge is 0.139 e. The molecule has 0 bridgehead atoms. The summed E-state index contributed by atoms with van der Waals surface area (Å²) < 4.78 is 0. The lowest BCUT2D eigenvalue weighted by atomic mass is 10.2. The van der Waals surface area contributed by atoms with E-state index in [0.29, 0.717) is 0 Å². The minimum atomic E-state index is 0.283. The standard InChI is InChI=1S/C9H13N5O/c1-14(13-12-10)9-4-2-3-8(7-9)11-5-6-15/h2-4,6-7,11H,5H2,1H3,(H2,10,13). The minimum absolute atomic E-state index is 0.283. The van der Waals surface area contributed by atoms with Crippen LogP contribution in [-0.4, -0.2) is 19.9 Å². The van der Waals surface area contributed by atoms with Crippen LogP contribution in [0.2, 0.25) is 0 Å². The first kappa shape index (κ1) is 11.0. The van der Waals surface area contributed by atoms with Gasteiger partial charge in [-0.2, -0.15) is 0 Å². The maximum absolute atomic E-state index is 10.2. The van der Waals surface area contributed by atoms with Crippen molar-refractivity contribution < 1.29 is 4.79 Å². The lowest BCUT2D eigenvalue weighted by Crippen LogP contribution is -2.09. The van der Waals surface area contributed by atoms with Crippen LogP contribution in [0.1, 0.15) is 0 Å². The molecule has 0 aliphatic heterocycles. The van der Waals surface area contributed by atoms with Crippen LogP contribution in [0.3, 0.4) is 0 Å². The van der Waals surface area contributed by atoms with Gasteiger partial charge in [0.15, 0.2) is 0 Å². The lowest BCUT2D eigenvalue weighted by Gasteiger charge is -2.12.